The van der Waals surface area contributed by atoms with Crippen molar-refractivity contribution in [3.05, 3.63) is 83.2 Å². The smallest absolute Gasteiger partial charge is 0.318 e. The highest BCUT2D eigenvalue weighted by Gasteiger charge is 2.53. The van der Waals surface area contributed by atoms with Crippen LogP contribution in [0.1, 0.15) is 65.7 Å². The van der Waals surface area contributed by atoms with E-state index in [9.17, 15) is 19.2 Å². The highest BCUT2D eigenvalue weighted by molar-refractivity contribution is 6.01. The number of fused-ring (bicyclic) bond motifs is 1. The molecular formula is C35H43N7O4. The Labute approximate surface area is 269 Å². The molecule has 3 aliphatic rings. The van der Waals surface area contributed by atoms with Crippen LogP contribution < -0.4 is 21.3 Å². The van der Waals surface area contributed by atoms with Gasteiger partial charge in [0.05, 0.1) is 0 Å². The van der Waals surface area contributed by atoms with Crippen LogP contribution in [0.5, 0.6) is 0 Å². The summed E-state index contributed by atoms with van der Waals surface area (Å²) in [7, 11) is 3.30. The Balaban J connectivity index is 1.17. The van der Waals surface area contributed by atoms with E-state index in [2.05, 4.69) is 38.5 Å². The van der Waals surface area contributed by atoms with Crippen molar-refractivity contribution in [3.8, 4) is 0 Å². The second-order valence-electron chi connectivity index (χ2n) is 12.9. The lowest BCUT2D eigenvalue weighted by molar-refractivity contribution is -0.130. The minimum Gasteiger partial charge on any atom is -0.357 e. The molecule has 1 aromatic heterocycles. The molecule has 3 aromatic rings. The van der Waals surface area contributed by atoms with Crippen molar-refractivity contribution in [1.29, 1.82) is 0 Å². The summed E-state index contributed by atoms with van der Waals surface area (Å²) >= 11 is 0. The molecule has 11 heteroatoms. The zero-order chi connectivity index (χ0) is 32.3. The monoisotopic (exact) mass is 625 g/mol. The number of aromatic nitrogens is 2. The average Bonchev–Trinajstić information content (AvgIpc) is 3.79. The van der Waals surface area contributed by atoms with Crippen molar-refractivity contribution < 1.29 is 19.2 Å². The van der Waals surface area contributed by atoms with Crippen molar-refractivity contribution in [3.63, 3.8) is 0 Å². The van der Waals surface area contributed by atoms with E-state index in [1.165, 1.54) is 10.2 Å². The van der Waals surface area contributed by atoms with Crippen LogP contribution in [0.15, 0.2) is 60.8 Å². The standard InChI is InChI=1S/C35H43N7O4/c1-36-33(45)35(42-22-28(39-34(42)46)15-13-23-9-5-3-6-10-23)20-25-14-16-27(19-26(25)21-35)38-32(44)30(24-11-7-4-8-12-24)40-31(43)29-17-18-37-41(29)2/h3,5-6,9-10,14,16-19,24,28,30H,4,7-8,11-13,15,20-22H2,1-2H3,(H,36,45)(H,38,44)(H,39,46)(H,40,43)/t28-,30+,35?/m1/s1. The summed E-state index contributed by atoms with van der Waals surface area (Å²) in [5.74, 6) is -0.771. The molecule has 6 rings (SSSR count). The van der Waals surface area contributed by atoms with Crippen LogP contribution in [0.3, 0.4) is 0 Å². The fourth-order valence-corrected chi connectivity index (χ4v) is 7.46. The predicted octanol–water partition coefficient (Wildman–Crippen LogP) is 3.35. The highest BCUT2D eigenvalue weighted by atomic mass is 16.2. The molecule has 5 amide bonds. The van der Waals surface area contributed by atoms with E-state index >= 15 is 0 Å². The zero-order valence-electron chi connectivity index (χ0n) is 26.6. The molecule has 11 nitrogen and oxygen atoms in total. The number of urea groups is 1. The molecule has 4 N–H and O–H groups in total. The summed E-state index contributed by atoms with van der Waals surface area (Å²) < 4.78 is 1.50. The number of anilines is 1. The lowest BCUT2D eigenvalue weighted by Crippen LogP contribution is -2.60. The number of nitrogens with zero attached hydrogens (tertiary/aromatic N) is 3. The van der Waals surface area contributed by atoms with Crippen LogP contribution >= 0.6 is 0 Å². The van der Waals surface area contributed by atoms with E-state index in [1.807, 2.05) is 36.4 Å². The second kappa shape index (κ2) is 13.4. The number of hydrogen-bond donors (Lipinski definition) is 4. The molecule has 1 aliphatic heterocycles. The lowest BCUT2D eigenvalue weighted by atomic mass is 9.83. The van der Waals surface area contributed by atoms with E-state index in [-0.39, 0.29) is 35.7 Å². The van der Waals surface area contributed by atoms with Gasteiger partial charge in [-0.3, -0.25) is 19.1 Å². The largest absolute Gasteiger partial charge is 0.357 e. The Morgan fingerprint density at radius 3 is 2.50 bits per heavy atom. The summed E-state index contributed by atoms with van der Waals surface area (Å²) in [4.78, 5) is 55.4. The Hall–Kier alpha value is -4.67. The van der Waals surface area contributed by atoms with E-state index in [0.29, 0.717) is 30.8 Å². The number of carbonyl (C=O) groups is 4. The van der Waals surface area contributed by atoms with Crippen LogP contribution in [0, 0.1) is 5.92 Å². The van der Waals surface area contributed by atoms with Gasteiger partial charge in [-0.2, -0.15) is 5.10 Å². The third kappa shape index (κ3) is 6.36. The van der Waals surface area contributed by atoms with Crippen LogP contribution in [0.2, 0.25) is 0 Å². The number of rotatable bonds is 10. The molecule has 242 valence electrons. The molecule has 0 radical (unpaired) electrons. The van der Waals surface area contributed by atoms with Gasteiger partial charge in [-0.1, -0.05) is 55.7 Å². The lowest BCUT2D eigenvalue weighted by Gasteiger charge is -2.36. The van der Waals surface area contributed by atoms with Crippen LogP contribution in [-0.4, -0.2) is 69.6 Å². The first-order chi connectivity index (χ1) is 22.3. The minimum atomic E-state index is -1.06. The predicted molar refractivity (Wildman–Crippen MR) is 174 cm³/mol. The first-order valence-electron chi connectivity index (χ1n) is 16.3. The molecule has 3 atom stereocenters. The number of amides is 5. The molecule has 0 spiro atoms. The molecule has 2 fully saturated rings. The van der Waals surface area contributed by atoms with Crippen molar-refractivity contribution in [1.82, 2.24) is 30.6 Å². The highest BCUT2D eigenvalue weighted by Crippen LogP contribution is 2.38. The second-order valence-corrected chi connectivity index (χ2v) is 12.9. The maximum Gasteiger partial charge on any atom is 0.318 e. The minimum absolute atomic E-state index is 0.0322. The van der Waals surface area contributed by atoms with Gasteiger partial charge in [-0.15, -0.1) is 0 Å². The topological polar surface area (TPSA) is 137 Å². The van der Waals surface area contributed by atoms with Gasteiger partial charge in [-0.05, 0) is 66.5 Å². The van der Waals surface area contributed by atoms with Crippen LogP contribution in [-0.2, 0) is 35.9 Å². The number of carbonyl (C=O) groups excluding carboxylic acids is 4. The summed E-state index contributed by atoms with van der Waals surface area (Å²) in [6.45, 7) is 0.441. The first-order valence-corrected chi connectivity index (χ1v) is 16.3. The fraction of sp³-hybridized carbons (Fsp3) is 0.457. The Morgan fingerprint density at radius 2 is 1.78 bits per heavy atom. The molecule has 1 saturated heterocycles. The Bertz CT molecular complexity index is 1600. The molecular weight excluding hydrogens is 582 g/mol. The summed E-state index contributed by atoms with van der Waals surface area (Å²) in [5.41, 5.74) is 3.02. The van der Waals surface area contributed by atoms with Gasteiger partial charge < -0.3 is 26.2 Å². The van der Waals surface area contributed by atoms with E-state index < -0.39 is 11.6 Å². The molecule has 2 aliphatic carbocycles. The van der Waals surface area contributed by atoms with Gasteiger partial charge in [0, 0.05) is 51.4 Å². The maximum absolute atomic E-state index is 13.8. The molecule has 1 unspecified atom stereocenters. The van der Waals surface area contributed by atoms with Crippen molar-refractivity contribution in [2.45, 2.75) is 75.4 Å². The molecule has 2 aromatic carbocycles. The number of benzene rings is 2. The molecule has 1 saturated carbocycles. The van der Waals surface area contributed by atoms with Gasteiger partial charge in [0.1, 0.15) is 17.3 Å². The van der Waals surface area contributed by atoms with Crippen molar-refractivity contribution in [2.75, 3.05) is 18.9 Å². The number of hydrogen-bond acceptors (Lipinski definition) is 5. The van der Waals surface area contributed by atoms with E-state index in [4.69, 9.17) is 0 Å². The van der Waals surface area contributed by atoms with Gasteiger partial charge in [0.25, 0.3) is 5.91 Å². The van der Waals surface area contributed by atoms with Gasteiger partial charge in [-0.25, -0.2) is 4.79 Å². The Kier molecular flexibility index (Phi) is 9.10. The van der Waals surface area contributed by atoms with Crippen LogP contribution in [0.25, 0.3) is 0 Å². The van der Waals surface area contributed by atoms with Gasteiger partial charge in [0.15, 0.2) is 0 Å². The molecule has 2 heterocycles. The number of likely N-dealkylation sites (N-methyl/N-ethyl adjacent to an activating group) is 1. The van der Waals surface area contributed by atoms with Gasteiger partial charge >= 0.3 is 6.03 Å². The van der Waals surface area contributed by atoms with E-state index in [0.717, 1.165) is 56.1 Å². The summed E-state index contributed by atoms with van der Waals surface area (Å²) in [6.07, 6.45) is 8.81. The third-order valence-electron chi connectivity index (χ3n) is 9.95. The average molecular weight is 626 g/mol. The first kappa shape index (κ1) is 31.3. The van der Waals surface area contributed by atoms with Crippen molar-refractivity contribution >= 4 is 29.4 Å². The fourth-order valence-electron chi connectivity index (χ4n) is 7.46. The number of aryl methyl sites for hydroxylation is 2. The molecule has 0 bridgehead atoms. The quantitative estimate of drug-likeness (QED) is 0.274. The third-order valence-corrected chi connectivity index (χ3v) is 9.95. The van der Waals surface area contributed by atoms with Gasteiger partial charge in [0.2, 0.25) is 11.8 Å². The van der Waals surface area contributed by atoms with Crippen molar-refractivity contribution in [2.24, 2.45) is 13.0 Å². The summed E-state index contributed by atoms with van der Waals surface area (Å²) in [6, 6.07) is 16.5. The summed E-state index contributed by atoms with van der Waals surface area (Å²) in [5, 5.41) is 16.0. The normalized spacial score (nSPS) is 21.7. The van der Waals surface area contributed by atoms with E-state index in [1.54, 1.807) is 31.3 Å². The maximum atomic E-state index is 13.8. The molecule has 46 heavy (non-hydrogen) atoms. The van der Waals surface area contributed by atoms with Crippen LogP contribution in [0.4, 0.5) is 10.5 Å². The SMILES string of the molecule is CNC(=O)C1(N2C[C@@H](CCc3ccccc3)NC2=O)Cc2ccc(NC(=O)[C@@H](NC(=O)c3ccnn3C)C3CCCCC3)cc2C1. The Morgan fingerprint density at radius 1 is 1.02 bits per heavy atom. The zero-order valence-corrected chi connectivity index (χ0v) is 26.6. The number of nitrogens with one attached hydrogen (secondary N) is 4.